The summed E-state index contributed by atoms with van der Waals surface area (Å²) >= 11 is 0. The van der Waals surface area contributed by atoms with E-state index >= 15 is 0 Å². The van der Waals surface area contributed by atoms with Gasteiger partial charge < -0.3 is 20.3 Å². The van der Waals surface area contributed by atoms with Gasteiger partial charge in [-0.1, -0.05) is 224 Å². The Balaban J connectivity index is 3.48. The summed E-state index contributed by atoms with van der Waals surface area (Å²) in [4.78, 5) is 24.5. The minimum absolute atomic E-state index is 0.0199. The molecule has 0 aromatic heterocycles. The standard InChI is InChI=1S/C53H99NO5/c1-3-5-7-9-11-13-15-17-18-19-20-21-22-23-27-31-35-39-43-47-53(58)59-48-44-40-36-32-28-24-26-30-34-38-42-46-52(57)54-50(49-55)51(56)45-41-37-33-29-25-16-14-12-10-8-6-4-2/h11,13,17-18,41,45,50-51,55-56H,3-10,12,14-16,19-40,42-44,46-49H2,1-2H3,(H,54,57)/b13-11-,18-17-,45-41+. The molecule has 3 N–H and O–H groups in total. The zero-order chi connectivity index (χ0) is 43.0. The van der Waals surface area contributed by atoms with Crippen molar-refractivity contribution in [3.8, 4) is 0 Å². The number of carbonyl (C=O) groups is 2. The maximum absolute atomic E-state index is 12.4. The van der Waals surface area contributed by atoms with Crippen LogP contribution in [0.25, 0.3) is 0 Å². The van der Waals surface area contributed by atoms with Gasteiger partial charge in [0.1, 0.15) is 0 Å². The Hall–Kier alpha value is -1.92. The van der Waals surface area contributed by atoms with Crippen molar-refractivity contribution in [2.45, 2.75) is 276 Å². The lowest BCUT2D eigenvalue weighted by atomic mass is 10.0. The number of rotatable bonds is 47. The molecular formula is C53H99NO5. The lowest BCUT2D eigenvalue weighted by Crippen LogP contribution is -2.45. The average molecular weight is 830 g/mol. The highest BCUT2D eigenvalue weighted by Crippen LogP contribution is 2.15. The lowest BCUT2D eigenvalue weighted by Gasteiger charge is -2.20. The van der Waals surface area contributed by atoms with E-state index in [1.807, 2.05) is 6.08 Å². The van der Waals surface area contributed by atoms with E-state index in [2.05, 4.69) is 43.5 Å². The van der Waals surface area contributed by atoms with E-state index in [0.717, 1.165) is 64.2 Å². The second kappa shape index (κ2) is 48.7. The van der Waals surface area contributed by atoms with Crippen LogP contribution in [0.3, 0.4) is 0 Å². The molecule has 346 valence electrons. The molecule has 0 spiro atoms. The lowest BCUT2D eigenvalue weighted by molar-refractivity contribution is -0.143. The van der Waals surface area contributed by atoms with Crippen LogP contribution in [-0.4, -0.2) is 47.4 Å². The third-order valence-corrected chi connectivity index (χ3v) is 11.7. The number of unbranched alkanes of at least 4 members (excludes halogenated alkanes) is 32. The van der Waals surface area contributed by atoms with Crippen molar-refractivity contribution in [1.29, 1.82) is 0 Å². The molecule has 0 heterocycles. The van der Waals surface area contributed by atoms with E-state index in [0.29, 0.717) is 19.4 Å². The van der Waals surface area contributed by atoms with Crippen LogP contribution in [-0.2, 0) is 14.3 Å². The van der Waals surface area contributed by atoms with Crippen molar-refractivity contribution in [3.63, 3.8) is 0 Å². The maximum Gasteiger partial charge on any atom is 0.305 e. The molecule has 0 saturated carbocycles. The van der Waals surface area contributed by atoms with Crippen LogP contribution >= 0.6 is 0 Å². The first-order valence-corrected chi connectivity index (χ1v) is 25.8. The molecule has 0 radical (unpaired) electrons. The van der Waals surface area contributed by atoms with Crippen molar-refractivity contribution in [3.05, 3.63) is 36.5 Å². The average Bonchev–Trinajstić information content (AvgIpc) is 3.24. The van der Waals surface area contributed by atoms with Crippen LogP contribution in [0.5, 0.6) is 0 Å². The predicted molar refractivity (Wildman–Crippen MR) is 255 cm³/mol. The van der Waals surface area contributed by atoms with Crippen molar-refractivity contribution in [1.82, 2.24) is 5.32 Å². The predicted octanol–water partition coefficient (Wildman–Crippen LogP) is 15.3. The molecule has 0 bridgehead atoms. The van der Waals surface area contributed by atoms with Crippen molar-refractivity contribution in [2.75, 3.05) is 13.2 Å². The van der Waals surface area contributed by atoms with E-state index < -0.39 is 12.1 Å². The van der Waals surface area contributed by atoms with Gasteiger partial charge in [0.25, 0.3) is 0 Å². The number of nitrogens with one attached hydrogen (secondary N) is 1. The van der Waals surface area contributed by atoms with E-state index in [9.17, 15) is 19.8 Å². The SMILES string of the molecule is CCCCC/C=C\C/C=C\CCCCCCCCCCCC(=O)OCCCCCCCCCCCCCC(=O)NC(CO)C(O)/C=C/CCCCCCCCCCCC. The smallest absolute Gasteiger partial charge is 0.305 e. The first-order valence-electron chi connectivity index (χ1n) is 25.8. The summed E-state index contributed by atoms with van der Waals surface area (Å²) in [5.41, 5.74) is 0. The zero-order valence-electron chi connectivity index (χ0n) is 39.2. The summed E-state index contributed by atoms with van der Waals surface area (Å²) in [6, 6.07) is -0.641. The molecule has 0 rings (SSSR count). The zero-order valence-corrected chi connectivity index (χ0v) is 39.2. The van der Waals surface area contributed by atoms with Gasteiger partial charge in [0, 0.05) is 12.8 Å². The number of amides is 1. The molecule has 6 heteroatoms. The highest BCUT2D eigenvalue weighted by molar-refractivity contribution is 5.76. The second-order valence-corrected chi connectivity index (χ2v) is 17.5. The van der Waals surface area contributed by atoms with E-state index in [1.165, 1.54) is 173 Å². The molecule has 2 unspecified atom stereocenters. The monoisotopic (exact) mass is 830 g/mol. The van der Waals surface area contributed by atoms with Gasteiger partial charge in [0.2, 0.25) is 5.91 Å². The number of hydrogen-bond acceptors (Lipinski definition) is 5. The maximum atomic E-state index is 12.4. The van der Waals surface area contributed by atoms with Gasteiger partial charge in [-0.05, 0) is 64.2 Å². The van der Waals surface area contributed by atoms with Crippen LogP contribution < -0.4 is 5.32 Å². The van der Waals surface area contributed by atoms with Crippen molar-refractivity contribution < 1.29 is 24.5 Å². The van der Waals surface area contributed by atoms with Crippen LogP contribution in [0.4, 0.5) is 0 Å². The Morgan fingerprint density at radius 3 is 1.32 bits per heavy atom. The number of aliphatic hydroxyl groups is 2. The number of carbonyl (C=O) groups excluding carboxylic acids is 2. The van der Waals surface area contributed by atoms with E-state index in [-0.39, 0.29) is 18.5 Å². The Bertz CT molecular complexity index is 962. The molecule has 0 aromatic carbocycles. The Labute approximate surface area is 366 Å². The highest BCUT2D eigenvalue weighted by Gasteiger charge is 2.18. The van der Waals surface area contributed by atoms with Gasteiger partial charge in [0.05, 0.1) is 25.4 Å². The molecule has 0 aliphatic heterocycles. The van der Waals surface area contributed by atoms with E-state index in [4.69, 9.17) is 4.74 Å². The van der Waals surface area contributed by atoms with Gasteiger partial charge >= 0.3 is 5.97 Å². The Morgan fingerprint density at radius 2 is 0.847 bits per heavy atom. The molecular weight excluding hydrogens is 731 g/mol. The molecule has 0 aliphatic rings. The molecule has 0 fully saturated rings. The van der Waals surface area contributed by atoms with Gasteiger partial charge in [-0.15, -0.1) is 0 Å². The summed E-state index contributed by atoms with van der Waals surface area (Å²) in [6.07, 6.45) is 58.5. The quantitative estimate of drug-likeness (QED) is 0.0323. The molecule has 1 amide bonds. The number of esters is 1. The topological polar surface area (TPSA) is 95.9 Å². The number of hydrogen-bond donors (Lipinski definition) is 3. The fourth-order valence-electron chi connectivity index (χ4n) is 7.66. The van der Waals surface area contributed by atoms with Gasteiger partial charge in [-0.2, -0.15) is 0 Å². The van der Waals surface area contributed by atoms with Crippen LogP contribution in [0.15, 0.2) is 36.5 Å². The Morgan fingerprint density at radius 1 is 0.475 bits per heavy atom. The number of allylic oxidation sites excluding steroid dienone is 5. The Kier molecular flexibility index (Phi) is 47.2. The minimum Gasteiger partial charge on any atom is -0.466 e. The molecule has 2 atom stereocenters. The second-order valence-electron chi connectivity index (χ2n) is 17.5. The van der Waals surface area contributed by atoms with Crippen molar-refractivity contribution >= 4 is 11.9 Å². The highest BCUT2D eigenvalue weighted by atomic mass is 16.5. The first kappa shape index (κ1) is 57.1. The fraction of sp³-hybridized carbons (Fsp3) is 0.849. The van der Waals surface area contributed by atoms with Gasteiger partial charge in [0.15, 0.2) is 0 Å². The summed E-state index contributed by atoms with van der Waals surface area (Å²) in [7, 11) is 0. The number of aliphatic hydroxyl groups excluding tert-OH is 2. The summed E-state index contributed by atoms with van der Waals surface area (Å²) in [5, 5.41) is 23.0. The van der Waals surface area contributed by atoms with E-state index in [1.54, 1.807) is 6.08 Å². The summed E-state index contributed by atoms with van der Waals surface area (Å²) in [5.74, 6) is -0.108. The minimum atomic E-state index is -0.856. The molecule has 0 aromatic rings. The first-order chi connectivity index (χ1) is 29.0. The largest absolute Gasteiger partial charge is 0.466 e. The van der Waals surface area contributed by atoms with Crippen LogP contribution in [0.2, 0.25) is 0 Å². The fourth-order valence-corrected chi connectivity index (χ4v) is 7.66. The molecule has 0 aliphatic carbocycles. The number of ether oxygens (including phenoxy) is 1. The third kappa shape index (κ3) is 45.4. The molecule has 0 saturated heterocycles. The normalized spacial score (nSPS) is 12.9. The molecule has 6 nitrogen and oxygen atoms in total. The van der Waals surface area contributed by atoms with Crippen molar-refractivity contribution in [2.24, 2.45) is 0 Å². The van der Waals surface area contributed by atoms with Crippen LogP contribution in [0, 0.1) is 0 Å². The van der Waals surface area contributed by atoms with Gasteiger partial charge in [-0.25, -0.2) is 0 Å². The van der Waals surface area contributed by atoms with Gasteiger partial charge in [-0.3, -0.25) is 9.59 Å². The molecule has 59 heavy (non-hydrogen) atoms. The third-order valence-electron chi connectivity index (χ3n) is 11.7. The summed E-state index contributed by atoms with van der Waals surface area (Å²) < 4.78 is 5.47. The summed E-state index contributed by atoms with van der Waals surface area (Å²) in [6.45, 7) is 4.82. The van der Waals surface area contributed by atoms with Crippen LogP contribution in [0.1, 0.15) is 264 Å².